The normalized spacial score (nSPS) is 22.9. The van der Waals surface area contributed by atoms with E-state index >= 15 is 0 Å². The molecule has 2 atom stereocenters. The van der Waals surface area contributed by atoms with Crippen molar-refractivity contribution in [3.05, 3.63) is 33.9 Å². The molecule has 0 saturated heterocycles. The molecule has 4 nitrogen and oxygen atoms in total. The molecule has 1 N–H and O–H groups in total. The van der Waals surface area contributed by atoms with E-state index in [-0.39, 0.29) is 10.6 Å². The second-order valence-electron chi connectivity index (χ2n) is 4.43. The second-order valence-corrected chi connectivity index (χ2v) is 4.43. The molecule has 86 valence electrons. The summed E-state index contributed by atoms with van der Waals surface area (Å²) < 4.78 is 0. The minimum absolute atomic E-state index is 0.182. The number of aryl methyl sites for hydroxylation is 1. The van der Waals surface area contributed by atoms with E-state index in [9.17, 15) is 10.1 Å². The van der Waals surface area contributed by atoms with Crippen LogP contribution in [0, 0.1) is 23.0 Å². The van der Waals surface area contributed by atoms with Crippen LogP contribution in [0.1, 0.15) is 25.3 Å². The number of benzene rings is 1. The third-order valence-electron chi connectivity index (χ3n) is 3.14. The Morgan fingerprint density at radius 3 is 2.88 bits per heavy atom. The van der Waals surface area contributed by atoms with Crippen molar-refractivity contribution in [1.82, 2.24) is 0 Å². The molecule has 1 saturated carbocycles. The summed E-state index contributed by atoms with van der Waals surface area (Å²) in [6, 6.07) is 5.74. The molecule has 16 heavy (non-hydrogen) atoms. The number of nitro benzene ring substituents is 1. The van der Waals surface area contributed by atoms with E-state index in [1.54, 1.807) is 12.1 Å². The van der Waals surface area contributed by atoms with E-state index < -0.39 is 0 Å². The van der Waals surface area contributed by atoms with Gasteiger partial charge >= 0.3 is 0 Å². The van der Waals surface area contributed by atoms with Crippen LogP contribution in [0.15, 0.2) is 18.2 Å². The van der Waals surface area contributed by atoms with Crippen LogP contribution in [0.3, 0.4) is 0 Å². The first-order valence-corrected chi connectivity index (χ1v) is 5.63. The Hall–Kier alpha value is -1.58. The van der Waals surface area contributed by atoms with E-state index in [0.717, 1.165) is 18.4 Å². The average molecular weight is 220 g/mol. The monoisotopic (exact) mass is 220 g/mol. The Labute approximate surface area is 94.8 Å². The molecule has 1 fully saturated rings. The van der Waals surface area contributed by atoms with Gasteiger partial charge in [-0.25, -0.2) is 0 Å². The van der Waals surface area contributed by atoms with Crippen molar-refractivity contribution in [1.29, 1.82) is 0 Å². The minimum atomic E-state index is -0.321. The summed E-state index contributed by atoms with van der Waals surface area (Å²) in [5.74, 6) is 0.681. The number of rotatable bonds is 4. The standard InChI is InChI=1S/C12H16N2O2/c1-3-9-7-11(9)13-10-5-4-8(2)6-12(10)14(15)16/h4-6,9,11,13H,3,7H2,1-2H3. The van der Waals surface area contributed by atoms with Gasteiger partial charge in [0.05, 0.1) is 4.92 Å². The Bertz CT molecular complexity index is 417. The molecule has 0 radical (unpaired) electrons. The van der Waals surface area contributed by atoms with Crippen molar-refractivity contribution in [2.75, 3.05) is 5.32 Å². The van der Waals surface area contributed by atoms with Crippen LogP contribution in [0.2, 0.25) is 0 Å². The zero-order valence-corrected chi connectivity index (χ0v) is 9.56. The lowest BCUT2D eigenvalue weighted by molar-refractivity contribution is -0.384. The summed E-state index contributed by atoms with van der Waals surface area (Å²) in [6.07, 6.45) is 2.26. The van der Waals surface area contributed by atoms with Gasteiger partial charge in [0.1, 0.15) is 5.69 Å². The summed E-state index contributed by atoms with van der Waals surface area (Å²) in [6.45, 7) is 4.01. The van der Waals surface area contributed by atoms with Crippen molar-refractivity contribution in [3.63, 3.8) is 0 Å². The molecular formula is C12H16N2O2. The molecule has 1 aliphatic carbocycles. The molecule has 1 aromatic carbocycles. The SMILES string of the molecule is CCC1CC1Nc1ccc(C)cc1[N+](=O)[O-]. The number of nitro groups is 1. The van der Waals surface area contributed by atoms with Crippen molar-refractivity contribution < 1.29 is 4.92 Å². The summed E-state index contributed by atoms with van der Waals surface area (Å²) >= 11 is 0. The van der Waals surface area contributed by atoms with Gasteiger partial charge in [0.15, 0.2) is 0 Å². The third-order valence-corrected chi connectivity index (χ3v) is 3.14. The number of nitrogens with zero attached hydrogens (tertiary/aromatic N) is 1. The highest BCUT2D eigenvalue weighted by molar-refractivity contribution is 5.63. The fraction of sp³-hybridized carbons (Fsp3) is 0.500. The van der Waals surface area contributed by atoms with E-state index in [4.69, 9.17) is 0 Å². The molecule has 1 aromatic rings. The predicted molar refractivity (Wildman–Crippen MR) is 63.6 cm³/mol. The zero-order chi connectivity index (χ0) is 11.7. The molecule has 0 spiro atoms. The van der Waals surface area contributed by atoms with Crippen molar-refractivity contribution in [2.45, 2.75) is 32.7 Å². The van der Waals surface area contributed by atoms with Crippen LogP contribution >= 0.6 is 0 Å². The molecule has 0 aliphatic heterocycles. The van der Waals surface area contributed by atoms with Crippen LogP contribution in [0.5, 0.6) is 0 Å². The van der Waals surface area contributed by atoms with Crippen LogP contribution < -0.4 is 5.32 Å². The molecular weight excluding hydrogens is 204 g/mol. The highest BCUT2D eigenvalue weighted by atomic mass is 16.6. The van der Waals surface area contributed by atoms with Gasteiger partial charge in [0, 0.05) is 12.1 Å². The van der Waals surface area contributed by atoms with Crippen LogP contribution in [0.4, 0.5) is 11.4 Å². The minimum Gasteiger partial charge on any atom is -0.376 e. The molecule has 1 aliphatic rings. The van der Waals surface area contributed by atoms with Gasteiger partial charge in [-0.1, -0.05) is 19.4 Å². The summed E-state index contributed by atoms with van der Waals surface area (Å²) in [4.78, 5) is 10.6. The van der Waals surface area contributed by atoms with Crippen molar-refractivity contribution >= 4 is 11.4 Å². The van der Waals surface area contributed by atoms with Gasteiger partial charge < -0.3 is 5.32 Å². The lowest BCUT2D eigenvalue weighted by Crippen LogP contribution is -2.06. The van der Waals surface area contributed by atoms with E-state index in [1.807, 2.05) is 13.0 Å². The van der Waals surface area contributed by atoms with E-state index in [1.165, 1.54) is 0 Å². The number of anilines is 1. The topological polar surface area (TPSA) is 55.2 Å². The largest absolute Gasteiger partial charge is 0.376 e. The van der Waals surface area contributed by atoms with Gasteiger partial charge in [-0.15, -0.1) is 0 Å². The average Bonchev–Trinajstić information content (AvgIpc) is 2.99. The molecule has 4 heteroatoms. The first-order chi connectivity index (χ1) is 7.61. The van der Waals surface area contributed by atoms with Gasteiger partial charge in [-0.3, -0.25) is 10.1 Å². The Balaban J connectivity index is 2.17. The fourth-order valence-electron chi connectivity index (χ4n) is 1.99. The van der Waals surface area contributed by atoms with Crippen molar-refractivity contribution in [2.24, 2.45) is 5.92 Å². The number of nitrogens with one attached hydrogen (secondary N) is 1. The highest BCUT2D eigenvalue weighted by Gasteiger charge is 2.36. The smallest absolute Gasteiger partial charge is 0.292 e. The molecule has 2 rings (SSSR count). The molecule has 2 unspecified atom stereocenters. The summed E-state index contributed by atoms with van der Waals surface area (Å²) in [7, 11) is 0. The maximum absolute atomic E-state index is 10.9. The van der Waals surface area contributed by atoms with E-state index in [2.05, 4.69) is 12.2 Å². The van der Waals surface area contributed by atoms with Gasteiger partial charge in [-0.2, -0.15) is 0 Å². The van der Waals surface area contributed by atoms with Gasteiger partial charge in [-0.05, 0) is 30.9 Å². The van der Waals surface area contributed by atoms with Crippen LogP contribution in [-0.2, 0) is 0 Å². The molecule has 0 aromatic heterocycles. The number of hydrogen-bond donors (Lipinski definition) is 1. The Morgan fingerprint density at radius 1 is 1.56 bits per heavy atom. The molecule has 0 amide bonds. The van der Waals surface area contributed by atoms with Crippen LogP contribution in [-0.4, -0.2) is 11.0 Å². The zero-order valence-electron chi connectivity index (χ0n) is 9.56. The molecule has 0 heterocycles. The predicted octanol–water partition coefficient (Wildman–Crippen LogP) is 3.11. The Morgan fingerprint density at radius 2 is 2.31 bits per heavy atom. The number of hydrogen-bond acceptors (Lipinski definition) is 3. The lowest BCUT2D eigenvalue weighted by atomic mass is 10.2. The first-order valence-electron chi connectivity index (χ1n) is 5.63. The van der Waals surface area contributed by atoms with E-state index in [0.29, 0.717) is 17.6 Å². The van der Waals surface area contributed by atoms with Gasteiger partial charge in [0.2, 0.25) is 0 Å². The lowest BCUT2D eigenvalue weighted by Gasteiger charge is -2.06. The fourth-order valence-corrected chi connectivity index (χ4v) is 1.99. The quantitative estimate of drug-likeness (QED) is 0.626. The molecule has 0 bridgehead atoms. The van der Waals surface area contributed by atoms with Gasteiger partial charge in [0.25, 0.3) is 5.69 Å². The summed E-state index contributed by atoms with van der Waals surface area (Å²) in [5, 5.41) is 14.1. The second kappa shape index (κ2) is 4.12. The first kappa shape index (κ1) is 10.9. The van der Waals surface area contributed by atoms with Crippen molar-refractivity contribution in [3.8, 4) is 0 Å². The highest BCUT2D eigenvalue weighted by Crippen LogP contribution is 2.38. The van der Waals surface area contributed by atoms with Crippen LogP contribution in [0.25, 0.3) is 0 Å². The maximum atomic E-state index is 10.9. The third kappa shape index (κ3) is 2.15. The summed E-state index contributed by atoms with van der Waals surface area (Å²) in [5.41, 5.74) is 1.75. The Kier molecular flexibility index (Phi) is 2.81. The maximum Gasteiger partial charge on any atom is 0.292 e.